The first-order valence-electron chi connectivity index (χ1n) is 10.1. The summed E-state index contributed by atoms with van der Waals surface area (Å²) >= 11 is 0. The number of nitrogens with two attached hydrogens (primary N) is 1. The minimum Gasteiger partial charge on any atom is -0.399 e. The van der Waals surface area contributed by atoms with Crippen molar-refractivity contribution < 1.29 is 0 Å². The smallest absolute Gasteiger partial charge is 0.137 e. The summed E-state index contributed by atoms with van der Waals surface area (Å²) in [5, 5.41) is 4.53. The number of aromatic nitrogens is 2. The minimum absolute atomic E-state index is 0.772. The number of nitrogens with one attached hydrogen (secondary N) is 2. The number of aromatic amines is 1. The van der Waals surface area contributed by atoms with Gasteiger partial charge in [0.1, 0.15) is 5.65 Å². The quantitative estimate of drug-likeness (QED) is 0.468. The highest BCUT2D eigenvalue weighted by Gasteiger charge is 2.11. The van der Waals surface area contributed by atoms with E-state index in [1.807, 2.05) is 24.5 Å². The summed E-state index contributed by atoms with van der Waals surface area (Å²) in [5.41, 5.74) is 13.5. The van der Waals surface area contributed by atoms with E-state index in [0.29, 0.717) is 0 Å². The first-order chi connectivity index (χ1) is 14.3. The summed E-state index contributed by atoms with van der Waals surface area (Å²) in [7, 11) is 0. The molecule has 0 amide bonds. The summed E-state index contributed by atoms with van der Waals surface area (Å²) in [5.74, 6) is 0. The van der Waals surface area contributed by atoms with Crippen molar-refractivity contribution in [3.8, 4) is 22.3 Å². The van der Waals surface area contributed by atoms with Gasteiger partial charge in [-0.1, -0.05) is 36.4 Å². The molecular formula is C24H25N5. The van der Waals surface area contributed by atoms with Gasteiger partial charge in [-0.15, -0.1) is 0 Å². The molecule has 5 nitrogen and oxygen atoms in total. The number of nitrogen functional groups attached to an aromatic ring is 1. The molecule has 4 aromatic rings. The molecule has 0 unspecified atom stereocenters. The van der Waals surface area contributed by atoms with Gasteiger partial charge >= 0.3 is 0 Å². The lowest BCUT2D eigenvalue weighted by Gasteiger charge is -2.27. The first kappa shape index (κ1) is 17.9. The predicted molar refractivity (Wildman–Crippen MR) is 120 cm³/mol. The minimum atomic E-state index is 0.772. The Balaban J connectivity index is 1.42. The number of H-pyrrole nitrogens is 1. The molecule has 1 aliphatic heterocycles. The summed E-state index contributed by atoms with van der Waals surface area (Å²) in [4.78, 5) is 10.4. The van der Waals surface area contributed by atoms with E-state index in [0.717, 1.165) is 66.1 Å². The number of piperazine rings is 1. The van der Waals surface area contributed by atoms with Crippen LogP contribution in [-0.4, -0.2) is 41.0 Å². The Hall–Kier alpha value is -3.15. The Morgan fingerprint density at radius 3 is 2.38 bits per heavy atom. The van der Waals surface area contributed by atoms with Gasteiger partial charge in [0, 0.05) is 67.3 Å². The number of hydrogen-bond donors (Lipinski definition) is 3. The normalized spacial score (nSPS) is 15.0. The van der Waals surface area contributed by atoms with E-state index >= 15 is 0 Å². The molecule has 1 saturated heterocycles. The molecule has 0 aliphatic carbocycles. The van der Waals surface area contributed by atoms with E-state index in [9.17, 15) is 0 Å². The Labute approximate surface area is 170 Å². The van der Waals surface area contributed by atoms with Crippen molar-refractivity contribution in [2.24, 2.45) is 0 Å². The second kappa shape index (κ2) is 7.70. The SMILES string of the molecule is Nc1ccc(-c2c[nH]c3ncc(-c4ccc(CN5CCNCC5)cc4)cc23)cc1. The van der Waals surface area contributed by atoms with Crippen molar-refractivity contribution in [1.29, 1.82) is 0 Å². The highest BCUT2D eigenvalue weighted by atomic mass is 15.2. The molecule has 0 atom stereocenters. The lowest BCUT2D eigenvalue weighted by Crippen LogP contribution is -2.42. The third-order valence-electron chi connectivity index (χ3n) is 5.66. The van der Waals surface area contributed by atoms with Crippen molar-refractivity contribution in [3.05, 3.63) is 72.6 Å². The van der Waals surface area contributed by atoms with Gasteiger partial charge in [0.25, 0.3) is 0 Å². The zero-order valence-electron chi connectivity index (χ0n) is 16.4. The molecule has 1 fully saturated rings. The largest absolute Gasteiger partial charge is 0.399 e. The van der Waals surface area contributed by atoms with Crippen LogP contribution in [0, 0.1) is 0 Å². The van der Waals surface area contributed by atoms with Crippen LogP contribution in [0.25, 0.3) is 33.3 Å². The van der Waals surface area contributed by atoms with Gasteiger partial charge in [0.05, 0.1) is 0 Å². The number of fused-ring (bicyclic) bond motifs is 1. The van der Waals surface area contributed by atoms with Crippen LogP contribution in [0.2, 0.25) is 0 Å². The van der Waals surface area contributed by atoms with Crippen molar-refractivity contribution in [3.63, 3.8) is 0 Å². The summed E-state index contributed by atoms with van der Waals surface area (Å²) < 4.78 is 0. The van der Waals surface area contributed by atoms with E-state index in [1.165, 1.54) is 11.1 Å². The van der Waals surface area contributed by atoms with E-state index in [2.05, 4.69) is 62.6 Å². The molecule has 3 heterocycles. The lowest BCUT2D eigenvalue weighted by atomic mass is 10.0. The molecule has 0 saturated carbocycles. The molecule has 2 aromatic carbocycles. The van der Waals surface area contributed by atoms with Crippen LogP contribution < -0.4 is 11.1 Å². The predicted octanol–water partition coefficient (Wildman–Crippen LogP) is 3.88. The van der Waals surface area contributed by atoms with Crippen LogP contribution in [0.5, 0.6) is 0 Å². The molecule has 5 heteroatoms. The average Bonchev–Trinajstić information content (AvgIpc) is 3.19. The Morgan fingerprint density at radius 2 is 1.62 bits per heavy atom. The molecule has 1 aliphatic rings. The van der Waals surface area contributed by atoms with Crippen molar-refractivity contribution in [2.75, 3.05) is 31.9 Å². The van der Waals surface area contributed by atoms with Crippen LogP contribution in [0.1, 0.15) is 5.56 Å². The molecular weight excluding hydrogens is 358 g/mol. The number of pyridine rings is 1. The van der Waals surface area contributed by atoms with Crippen LogP contribution in [0.3, 0.4) is 0 Å². The second-order valence-electron chi connectivity index (χ2n) is 7.67. The first-order valence-corrected chi connectivity index (χ1v) is 10.1. The highest BCUT2D eigenvalue weighted by molar-refractivity contribution is 5.95. The van der Waals surface area contributed by atoms with E-state index in [4.69, 9.17) is 5.73 Å². The molecule has 0 radical (unpaired) electrons. The van der Waals surface area contributed by atoms with E-state index < -0.39 is 0 Å². The zero-order valence-corrected chi connectivity index (χ0v) is 16.4. The molecule has 2 aromatic heterocycles. The van der Waals surface area contributed by atoms with Crippen LogP contribution in [0.4, 0.5) is 5.69 Å². The Morgan fingerprint density at radius 1 is 0.897 bits per heavy atom. The summed E-state index contributed by atoms with van der Waals surface area (Å²) in [6.45, 7) is 5.40. The summed E-state index contributed by atoms with van der Waals surface area (Å²) in [6, 6.07) is 19.1. The fourth-order valence-electron chi connectivity index (χ4n) is 3.99. The number of rotatable bonds is 4. The number of anilines is 1. The fraction of sp³-hybridized carbons (Fsp3) is 0.208. The Bertz CT molecular complexity index is 1110. The van der Waals surface area contributed by atoms with Gasteiger partial charge in [-0.05, 0) is 34.9 Å². The van der Waals surface area contributed by atoms with Gasteiger partial charge < -0.3 is 16.0 Å². The van der Waals surface area contributed by atoms with Gasteiger partial charge in [0.15, 0.2) is 0 Å². The highest BCUT2D eigenvalue weighted by Crippen LogP contribution is 2.31. The monoisotopic (exact) mass is 383 g/mol. The van der Waals surface area contributed by atoms with Crippen molar-refractivity contribution in [1.82, 2.24) is 20.2 Å². The van der Waals surface area contributed by atoms with Crippen molar-refractivity contribution in [2.45, 2.75) is 6.54 Å². The molecule has 146 valence electrons. The molecule has 29 heavy (non-hydrogen) atoms. The van der Waals surface area contributed by atoms with Crippen LogP contribution in [0.15, 0.2) is 67.0 Å². The van der Waals surface area contributed by atoms with E-state index in [-0.39, 0.29) is 0 Å². The number of benzene rings is 2. The molecule has 5 rings (SSSR count). The maximum absolute atomic E-state index is 5.84. The van der Waals surface area contributed by atoms with Gasteiger partial charge in [0.2, 0.25) is 0 Å². The molecule has 0 spiro atoms. The average molecular weight is 383 g/mol. The third kappa shape index (κ3) is 3.75. The van der Waals surface area contributed by atoms with Gasteiger partial charge in [-0.2, -0.15) is 0 Å². The molecule has 0 bridgehead atoms. The Kier molecular flexibility index (Phi) is 4.76. The van der Waals surface area contributed by atoms with Crippen LogP contribution >= 0.6 is 0 Å². The maximum Gasteiger partial charge on any atom is 0.137 e. The van der Waals surface area contributed by atoms with Crippen LogP contribution in [-0.2, 0) is 6.54 Å². The summed E-state index contributed by atoms with van der Waals surface area (Å²) in [6.07, 6.45) is 3.96. The lowest BCUT2D eigenvalue weighted by molar-refractivity contribution is 0.233. The maximum atomic E-state index is 5.84. The second-order valence-corrected chi connectivity index (χ2v) is 7.67. The van der Waals surface area contributed by atoms with E-state index in [1.54, 1.807) is 0 Å². The van der Waals surface area contributed by atoms with Gasteiger partial charge in [-0.3, -0.25) is 4.90 Å². The number of hydrogen-bond acceptors (Lipinski definition) is 4. The standard InChI is InChI=1S/C24H25N5/c25-21-7-5-19(6-8-21)23-15-28-24-22(23)13-20(14-27-24)18-3-1-17(2-4-18)16-29-11-9-26-10-12-29/h1-8,13-15,26H,9-12,16,25H2,(H,27,28). The topological polar surface area (TPSA) is 70.0 Å². The van der Waals surface area contributed by atoms with Crippen molar-refractivity contribution >= 4 is 16.7 Å². The third-order valence-corrected chi connectivity index (χ3v) is 5.66. The van der Waals surface area contributed by atoms with Gasteiger partial charge in [-0.25, -0.2) is 4.98 Å². The zero-order chi connectivity index (χ0) is 19.6. The fourth-order valence-corrected chi connectivity index (χ4v) is 3.99. The molecule has 4 N–H and O–H groups in total. The number of nitrogens with zero attached hydrogens (tertiary/aromatic N) is 2.